The SMILES string of the molecule is C=C(NC1(C(=O)O)CC(F)(F)C1)N(CCCCc1ccccc1)[C@H](C)c1ccc(C(C)(C)O)c(OCC)c1C. The number of alkyl halides is 2. The number of aryl methyl sites for hydroxylation is 1. The van der Waals surface area contributed by atoms with Gasteiger partial charge in [-0.1, -0.05) is 49.0 Å². The summed E-state index contributed by atoms with van der Waals surface area (Å²) >= 11 is 0. The van der Waals surface area contributed by atoms with Gasteiger partial charge in [0.1, 0.15) is 11.3 Å². The standard InChI is InChI=1S/C31H42F2N2O4/c1-7-39-27-21(2)25(16-17-26(27)29(5,6)38)22(3)35(18-12-11-15-24-13-9-8-10-14-24)23(4)34-30(28(36)37)19-31(32,33)20-30/h8-10,13-14,16-17,22,34,38H,4,7,11-12,15,18-20H2,1-3,5-6H3,(H,36,37)/t22-/m1/s1. The number of aliphatic carboxylic acids is 1. The molecule has 0 unspecified atom stereocenters. The Morgan fingerprint density at radius 2 is 1.82 bits per heavy atom. The highest BCUT2D eigenvalue weighted by atomic mass is 19.3. The van der Waals surface area contributed by atoms with Crippen molar-refractivity contribution in [2.75, 3.05) is 13.2 Å². The van der Waals surface area contributed by atoms with Crippen LogP contribution in [-0.2, 0) is 16.8 Å². The van der Waals surface area contributed by atoms with Crippen LogP contribution in [0.25, 0.3) is 0 Å². The van der Waals surface area contributed by atoms with Gasteiger partial charge in [0.05, 0.1) is 24.1 Å². The number of rotatable bonds is 14. The predicted octanol–water partition coefficient (Wildman–Crippen LogP) is 6.32. The molecule has 3 N–H and O–H groups in total. The number of carboxylic acids is 1. The molecule has 8 heteroatoms. The van der Waals surface area contributed by atoms with E-state index in [1.807, 2.05) is 56.0 Å². The van der Waals surface area contributed by atoms with E-state index in [1.54, 1.807) is 13.8 Å². The topological polar surface area (TPSA) is 82.0 Å². The maximum atomic E-state index is 13.8. The first-order chi connectivity index (χ1) is 18.2. The number of nitrogens with one attached hydrogen (secondary N) is 1. The average Bonchev–Trinajstić information content (AvgIpc) is 2.83. The van der Waals surface area contributed by atoms with Crippen LogP contribution in [0.2, 0.25) is 0 Å². The van der Waals surface area contributed by atoms with Crippen LogP contribution in [0.4, 0.5) is 8.78 Å². The van der Waals surface area contributed by atoms with Crippen molar-refractivity contribution < 1.29 is 28.5 Å². The third kappa shape index (κ3) is 7.10. The summed E-state index contributed by atoms with van der Waals surface area (Å²) in [7, 11) is 0. The van der Waals surface area contributed by atoms with E-state index in [1.165, 1.54) is 5.56 Å². The lowest BCUT2D eigenvalue weighted by Gasteiger charge is -2.47. The first kappa shape index (κ1) is 30.4. The number of unbranched alkanes of at least 4 members (excludes halogenated alkanes) is 1. The molecule has 39 heavy (non-hydrogen) atoms. The van der Waals surface area contributed by atoms with Crippen molar-refractivity contribution in [1.29, 1.82) is 0 Å². The van der Waals surface area contributed by atoms with Gasteiger partial charge in [-0.15, -0.1) is 0 Å². The monoisotopic (exact) mass is 544 g/mol. The van der Waals surface area contributed by atoms with E-state index >= 15 is 0 Å². The molecule has 1 fully saturated rings. The van der Waals surface area contributed by atoms with E-state index < -0.39 is 35.9 Å². The number of ether oxygens (including phenoxy) is 1. The molecule has 1 atom stereocenters. The van der Waals surface area contributed by atoms with Gasteiger partial charge in [0.25, 0.3) is 5.92 Å². The van der Waals surface area contributed by atoms with Gasteiger partial charge in [-0.2, -0.15) is 0 Å². The Labute approximate surface area is 230 Å². The van der Waals surface area contributed by atoms with Gasteiger partial charge in [0.15, 0.2) is 0 Å². The largest absolute Gasteiger partial charge is 0.493 e. The average molecular weight is 545 g/mol. The molecular formula is C31H42F2N2O4. The van der Waals surface area contributed by atoms with Crippen LogP contribution in [0, 0.1) is 6.92 Å². The van der Waals surface area contributed by atoms with Crippen LogP contribution in [0.3, 0.4) is 0 Å². The van der Waals surface area contributed by atoms with Crippen LogP contribution in [0.15, 0.2) is 54.9 Å². The number of hydrogen-bond donors (Lipinski definition) is 3. The van der Waals surface area contributed by atoms with E-state index in [0.717, 1.165) is 30.4 Å². The maximum absolute atomic E-state index is 13.8. The second kappa shape index (κ2) is 11.9. The third-order valence-electron chi connectivity index (χ3n) is 7.53. The van der Waals surface area contributed by atoms with Crippen LogP contribution in [-0.4, -0.2) is 45.7 Å². The molecule has 1 saturated carbocycles. The van der Waals surface area contributed by atoms with Gasteiger partial charge in [0.2, 0.25) is 0 Å². The Bertz CT molecular complexity index is 1150. The smallest absolute Gasteiger partial charge is 0.329 e. The quantitative estimate of drug-likeness (QED) is 0.242. The number of hydrogen-bond acceptors (Lipinski definition) is 5. The summed E-state index contributed by atoms with van der Waals surface area (Å²) in [5, 5.41) is 23.4. The van der Waals surface area contributed by atoms with Gasteiger partial charge in [-0.3, -0.25) is 0 Å². The fourth-order valence-corrected chi connectivity index (χ4v) is 5.43. The van der Waals surface area contributed by atoms with Crippen molar-refractivity contribution in [3.05, 3.63) is 77.1 Å². The molecule has 0 aromatic heterocycles. The molecular weight excluding hydrogens is 502 g/mol. The van der Waals surface area contributed by atoms with Crippen LogP contribution >= 0.6 is 0 Å². The number of carboxylic acid groups (broad SMARTS) is 1. The Hall–Kier alpha value is -3.13. The molecule has 0 heterocycles. The van der Waals surface area contributed by atoms with Crippen molar-refractivity contribution in [2.45, 2.75) is 89.8 Å². The Kier molecular flexibility index (Phi) is 9.31. The first-order valence-corrected chi connectivity index (χ1v) is 13.6. The molecule has 1 aliphatic rings. The molecule has 2 aromatic carbocycles. The van der Waals surface area contributed by atoms with Crippen molar-refractivity contribution in [3.63, 3.8) is 0 Å². The van der Waals surface area contributed by atoms with Crippen LogP contribution in [0.5, 0.6) is 5.75 Å². The van der Waals surface area contributed by atoms with Gasteiger partial charge in [-0.05, 0) is 70.6 Å². The zero-order chi connectivity index (χ0) is 29.0. The maximum Gasteiger partial charge on any atom is 0.329 e. The zero-order valence-corrected chi connectivity index (χ0v) is 23.7. The minimum Gasteiger partial charge on any atom is -0.493 e. The molecule has 0 aliphatic heterocycles. The zero-order valence-electron chi connectivity index (χ0n) is 23.7. The van der Waals surface area contributed by atoms with Gasteiger partial charge < -0.3 is 25.2 Å². The van der Waals surface area contributed by atoms with Gasteiger partial charge in [0, 0.05) is 24.9 Å². The number of benzene rings is 2. The normalized spacial score (nSPS) is 16.6. The minimum absolute atomic E-state index is 0.275. The highest BCUT2D eigenvalue weighted by Crippen LogP contribution is 2.47. The summed E-state index contributed by atoms with van der Waals surface area (Å²) in [6.45, 7) is 14.3. The molecule has 0 bridgehead atoms. The second-order valence-electron chi connectivity index (χ2n) is 11.1. The van der Waals surface area contributed by atoms with E-state index in [9.17, 15) is 23.8 Å². The lowest BCUT2D eigenvalue weighted by molar-refractivity contribution is -0.177. The molecule has 3 rings (SSSR count). The fraction of sp³-hybridized carbons (Fsp3) is 0.516. The lowest BCUT2D eigenvalue weighted by Crippen LogP contribution is -2.66. The fourth-order valence-electron chi connectivity index (χ4n) is 5.43. The number of nitrogens with zero attached hydrogens (tertiary/aromatic N) is 1. The summed E-state index contributed by atoms with van der Waals surface area (Å²) in [6, 6.07) is 13.7. The second-order valence-corrected chi connectivity index (χ2v) is 11.1. The summed E-state index contributed by atoms with van der Waals surface area (Å²) in [5.41, 5.74) is 0.817. The predicted molar refractivity (Wildman–Crippen MR) is 149 cm³/mol. The van der Waals surface area contributed by atoms with Crippen molar-refractivity contribution >= 4 is 5.97 Å². The highest BCUT2D eigenvalue weighted by Gasteiger charge is 2.62. The van der Waals surface area contributed by atoms with Gasteiger partial charge >= 0.3 is 5.97 Å². The minimum atomic E-state index is -3.02. The summed E-state index contributed by atoms with van der Waals surface area (Å²) < 4.78 is 33.6. The Balaban J connectivity index is 1.89. The highest BCUT2D eigenvalue weighted by molar-refractivity contribution is 5.81. The molecule has 0 saturated heterocycles. The van der Waals surface area contributed by atoms with E-state index in [0.29, 0.717) is 30.3 Å². The number of carbonyl (C=O) groups is 1. The van der Waals surface area contributed by atoms with Crippen molar-refractivity contribution in [3.8, 4) is 5.75 Å². The summed E-state index contributed by atoms with van der Waals surface area (Å²) in [5.74, 6) is -3.43. The Morgan fingerprint density at radius 3 is 2.36 bits per heavy atom. The molecule has 0 spiro atoms. The van der Waals surface area contributed by atoms with E-state index in [-0.39, 0.29) is 6.04 Å². The molecule has 0 radical (unpaired) electrons. The summed E-state index contributed by atoms with van der Waals surface area (Å²) in [4.78, 5) is 14.0. The molecule has 214 valence electrons. The molecule has 1 aliphatic carbocycles. The Morgan fingerprint density at radius 1 is 1.18 bits per heavy atom. The van der Waals surface area contributed by atoms with Crippen molar-refractivity contribution in [2.24, 2.45) is 0 Å². The van der Waals surface area contributed by atoms with E-state index in [4.69, 9.17) is 4.74 Å². The van der Waals surface area contributed by atoms with Crippen molar-refractivity contribution in [1.82, 2.24) is 10.2 Å². The van der Waals surface area contributed by atoms with Crippen LogP contribution < -0.4 is 10.1 Å². The third-order valence-corrected chi connectivity index (χ3v) is 7.53. The van der Waals surface area contributed by atoms with Gasteiger partial charge in [-0.25, -0.2) is 13.6 Å². The molecule has 0 amide bonds. The summed E-state index contributed by atoms with van der Waals surface area (Å²) in [6.07, 6.45) is 1.01. The molecule has 2 aromatic rings. The molecule has 6 nitrogen and oxygen atoms in total. The number of aliphatic hydroxyl groups is 1. The van der Waals surface area contributed by atoms with E-state index in [2.05, 4.69) is 24.0 Å². The number of halogens is 2. The lowest BCUT2D eigenvalue weighted by atomic mass is 9.73. The van der Waals surface area contributed by atoms with Crippen LogP contribution in [0.1, 0.15) is 81.7 Å². The first-order valence-electron chi connectivity index (χ1n) is 13.6.